The summed E-state index contributed by atoms with van der Waals surface area (Å²) in [4.78, 5) is 0. The minimum Gasteiger partial charge on any atom is -0.345 e. The number of hydrogen-bond donors (Lipinski definition) is 1. The molecule has 1 aromatic heterocycles. The highest BCUT2D eigenvalue weighted by Gasteiger charge is 2.01. The fourth-order valence-electron chi connectivity index (χ4n) is 1.49. The van der Waals surface area contributed by atoms with Gasteiger partial charge in [0.1, 0.15) is 0 Å². The lowest BCUT2D eigenvalue weighted by atomic mass is 10.2. The average molecular weight is 184 g/mol. The monoisotopic (exact) mass is 184 g/mol. The third-order valence-electron chi connectivity index (χ3n) is 2.21. The van der Waals surface area contributed by atoms with E-state index >= 15 is 0 Å². The van der Waals surface area contributed by atoms with E-state index in [4.69, 9.17) is 0 Å². The van der Waals surface area contributed by atoms with Crippen LogP contribution in [0.5, 0.6) is 0 Å². The van der Waals surface area contributed by atoms with E-state index in [0.29, 0.717) is 0 Å². The maximum atomic E-state index is 3.94. The molecule has 0 saturated carbocycles. The third-order valence-corrected chi connectivity index (χ3v) is 2.21. The molecule has 0 aliphatic carbocycles. The standard InChI is InChI=1S/C10H8N4/c1-2-4-9-7-14-10(6-12-13-14)11-5-8(9)3-1/h1-7,11H. The summed E-state index contributed by atoms with van der Waals surface area (Å²) < 4.78 is 1.72. The largest absolute Gasteiger partial charge is 0.345 e. The van der Waals surface area contributed by atoms with E-state index in [2.05, 4.69) is 21.7 Å². The second kappa shape index (κ2) is 2.70. The van der Waals surface area contributed by atoms with Gasteiger partial charge >= 0.3 is 0 Å². The van der Waals surface area contributed by atoms with Gasteiger partial charge in [-0.1, -0.05) is 29.5 Å². The van der Waals surface area contributed by atoms with Gasteiger partial charge in [-0.3, -0.25) is 0 Å². The highest BCUT2D eigenvalue weighted by atomic mass is 15.4. The summed E-state index contributed by atoms with van der Waals surface area (Å²) in [7, 11) is 0. The summed E-state index contributed by atoms with van der Waals surface area (Å²) in [6.07, 6.45) is 5.60. The van der Waals surface area contributed by atoms with Crippen LogP contribution in [0.3, 0.4) is 0 Å². The Hall–Kier alpha value is -2.10. The zero-order chi connectivity index (χ0) is 9.38. The zero-order valence-corrected chi connectivity index (χ0v) is 7.38. The topological polar surface area (TPSA) is 42.7 Å². The molecule has 0 saturated heterocycles. The van der Waals surface area contributed by atoms with Crippen molar-refractivity contribution >= 4 is 18.2 Å². The molecule has 0 fully saturated rings. The summed E-state index contributed by atoms with van der Waals surface area (Å²) in [6, 6.07) is 8.12. The van der Waals surface area contributed by atoms with E-state index in [0.717, 1.165) is 16.3 Å². The lowest BCUT2D eigenvalue weighted by Crippen LogP contribution is -2.24. The summed E-state index contributed by atoms with van der Waals surface area (Å²) >= 11 is 0. The predicted molar refractivity (Wildman–Crippen MR) is 53.7 cm³/mol. The molecule has 4 heteroatoms. The van der Waals surface area contributed by atoms with Crippen molar-refractivity contribution in [3.8, 4) is 0 Å². The number of fused-ring (bicyclic) bond motifs is 2. The van der Waals surface area contributed by atoms with E-state index in [1.807, 2.05) is 30.6 Å². The number of nitrogens with zero attached hydrogens (tertiary/aromatic N) is 3. The van der Waals surface area contributed by atoms with Crippen LogP contribution in [0.2, 0.25) is 0 Å². The fraction of sp³-hybridized carbons (Fsp3) is 0. The molecule has 4 nitrogen and oxygen atoms in total. The van der Waals surface area contributed by atoms with Crippen LogP contribution in [0, 0.1) is 0 Å². The second-order valence-electron chi connectivity index (χ2n) is 3.11. The number of benzene rings is 1. The number of hydrogen-bond acceptors (Lipinski definition) is 3. The van der Waals surface area contributed by atoms with Crippen LogP contribution in [-0.2, 0) is 0 Å². The first-order valence-electron chi connectivity index (χ1n) is 4.37. The molecule has 2 aromatic rings. The van der Waals surface area contributed by atoms with Crippen molar-refractivity contribution in [3.63, 3.8) is 0 Å². The molecule has 0 bridgehead atoms. The molecule has 2 heterocycles. The number of aromatic nitrogens is 3. The van der Waals surface area contributed by atoms with E-state index in [-0.39, 0.29) is 0 Å². The van der Waals surface area contributed by atoms with E-state index in [1.165, 1.54) is 0 Å². The quantitative estimate of drug-likeness (QED) is 0.612. The molecule has 1 aliphatic heterocycles. The Morgan fingerprint density at radius 1 is 1.14 bits per heavy atom. The smallest absolute Gasteiger partial charge is 0.153 e. The molecule has 1 aliphatic rings. The molecule has 0 amide bonds. The predicted octanol–water partition coefficient (Wildman–Crippen LogP) is -0.272. The second-order valence-corrected chi connectivity index (χ2v) is 3.11. The van der Waals surface area contributed by atoms with E-state index in [9.17, 15) is 0 Å². The van der Waals surface area contributed by atoms with Crippen molar-refractivity contribution in [1.82, 2.24) is 15.0 Å². The SMILES string of the molecule is C1=c2ccccc2=Cn2nncc2N1. The molecule has 1 aromatic carbocycles. The van der Waals surface area contributed by atoms with Gasteiger partial charge < -0.3 is 5.32 Å². The summed E-state index contributed by atoms with van der Waals surface area (Å²) in [5.74, 6) is 0.876. The van der Waals surface area contributed by atoms with Gasteiger partial charge in [0.15, 0.2) is 5.82 Å². The van der Waals surface area contributed by atoms with Crippen LogP contribution in [0.15, 0.2) is 30.5 Å². The molecule has 0 unspecified atom stereocenters. The highest BCUT2D eigenvalue weighted by molar-refractivity contribution is 5.54. The Kier molecular flexibility index (Phi) is 1.41. The number of rotatable bonds is 0. The summed E-state index contributed by atoms with van der Waals surface area (Å²) in [5, 5.41) is 13.2. The van der Waals surface area contributed by atoms with Gasteiger partial charge in [0.25, 0.3) is 0 Å². The number of nitrogens with one attached hydrogen (secondary N) is 1. The lowest BCUT2D eigenvalue weighted by molar-refractivity contribution is 0.843. The summed E-state index contributed by atoms with van der Waals surface area (Å²) in [5.41, 5.74) is 0. The van der Waals surface area contributed by atoms with Crippen molar-refractivity contribution in [2.75, 3.05) is 5.32 Å². The van der Waals surface area contributed by atoms with Gasteiger partial charge in [-0.05, 0) is 5.22 Å². The van der Waals surface area contributed by atoms with E-state index in [1.54, 1.807) is 10.9 Å². The minimum absolute atomic E-state index is 0.876. The van der Waals surface area contributed by atoms with Gasteiger partial charge in [-0.25, -0.2) is 4.68 Å². The van der Waals surface area contributed by atoms with Crippen molar-refractivity contribution in [2.24, 2.45) is 0 Å². The molecule has 0 radical (unpaired) electrons. The molecule has 0 spiro atoms. The molecule has 68 valence electrons. The van der Waals surface area contributed by atoms with Crippen molar-refractivity contribution in [1.29, 1.82) is 0 Å². The normalized spacial score (nSPS) is 12.6. The number of anilines is 1. The molecule has 1 N–H and O–H groups in total. The minimum atomic E-state index is 0.876. The maximum absolute atomic E-state index is 3.94. The highest BCUT2D eigenvalue weighted by Crippen LogP contribution is 2.03. The van der Waals surface area contributed by atoms with Crippen LogP contribution < -0.4 is 15.8 Å². The first-order chi connectivity index (χ1) is 6.93. The van der Waals surface area contributed by atoms with Crippen LogP contribution in [0.4, 0.5) is 5.82 Å². The summed E-state index contributed by atoms with van der Waals surface area (Å²) in [6.45, 7) is 0. The Morgan fingerprint density at radius 3 is 2.93 bits per heavy atom. The van der Waals surface area contributed by atoms with Gasteiger partial charge in [-0.2, -0.15) is 0 Å². The Morgan fingerprint density at radius 2 is 2.00 bits per heavy atom. The first kappa shape index (κ1) is 7.32. The van der Waals surface area contributed by atoms with Crippen molar-refractivity contribution in [2.45, 2.75) is 0 Å². The Labute approximate surface area is 80.2 Å². The molecular weight excluding hydrogens is 176 g/mol. The molecule has 14 heavy (non-hydrogen) atoms. The third kappa shape index (κ3) is 1.01. The van der Waals surface area contributed by atoms with Crippen LogP contribution in [0.25, 0.3) is 12.4 Å². The van der Waals surface area contributed by atoms with Gasteiger partial charge in [0.05, 0.1) is 6.20 Å². The van der Waals surface area contributed by atoms with Crippen LogP contribution >= 0.6 is 0 Å². The molecule has 0 atom stereocenters. The lowest BCUT2D eigenvalue weighted by Gasteiger charge is -1.95. The Bertz CT molecular complexity index is 582. The average Bonchev–Trinajstić information content (AvgIpc) is 2.58. The molecule has 3 rings (SSSR count). The maximum Gasteiger partial charge on any atom is 0.153 e. The zero-order valence-electron chi connectivity index (χ0n) is 7.38. The van der Waals surface area contributed by atoms with Gasteiger partial charge in [-0.15, -0.1) is 5.10 Å². The Balaban J connectivity index is 2.38. The van der Waals surface area contributed by atoms with Crippen LogP contribution in [0.1, 0.15) is 0 Å². The van der Waals surface area contributed by atoms with Crippen molar-refractivity contribution in [3.05, 3.63) is 40.9 Å². The van der Waals surface area contributed by atoms with Gasteiger partial charge in [0.2, 0.25) is 0 Å². The van der Waals surface area contributed by atoms with E-state index < -0.39 is 0 Å². The first-order valence-corrected chi connectivity index (χ1v) is 4.37. The molecular formula is C10H8N4. The van der Waals surface area contributed by atoms with Crippen LogP contribution in [-0.4, -0.2) is 15.0 Å². The fourth-order valence-corrected chi connectivity index (χ4v) is 1.49. The van der Waals surface area contributed by atoms with Gasteiger partial charge in [0, 0.05) is 17.6 Å². The van der Waals surface area contributed by atoms with Crippen molar-refractivity contribution < 1.29 is 0 Å².